The van der Waals surface area contributed by atoms with Gasteiger partial charge in [0.1, 0.15) is 5.75 Å². The third-order valence-corrected chi connectivity index (χ3v) is 4.02. The predicted molar refractivity (Wildman–Crippen MR) is 97.1 cm³/mol. The van der Waals surface area contributed by atoms with Crippen LogP contribution >= 0.6 is 11.6 Å². The maximum Gasteiger partial charge on any atom is 0.265 e. The van der Waals surface area contributed by atoms with Crippen molar-refractivity contribution in [2.45, 2.75) is 31.9 Å². The molecule has 2 aromatic carbocycles. The van der Waals surface area contributed by atoms with E-state index < -0.39 is 6.10 Å². The molecule has 1 atom stereocenters. The summed E-state index contributed by atoms with van der Waals surface area (Å²) in [7, 11) is 0. The van der Waals surface area contributed by atoms with Crippen LogP contribution in [0.4, 0.5) is 5.69 Å². The molecule has 1 fully saturated rings. The molecule has 25 heavy (non-hydrogen) atoms. The molecule has 1 aliphatic carbocycles. The van der Waals surface area contributed by atoms with Crippen LogP contribution in [-0.4, -0.2) is 24.0 Å². The Balaban J connectivity index is 1.60. The first-order valence-corrected chi connectivity index (χ1v) is 8.53. The van der Waals surface area contributed by atoms with Crippen LogP contribution in [0.25, 0.3) is 0 Å². The van der Waals surface area contributed by atoms with Gasteiger partial charge in [0.25, 0.3) is 11.8 Å². The SMILES string of the molecule is C[C@H](Oc1cccc(Cl)c1)C(=O)Nc1cccc(C(=O)NC2CC2)c1. The topological polar surface area (TPSA) is 67.4 Å². The Kier molecular flexibility index (Phi) is 5.24. The van der Waals surface area contributed by atoms with Gasteiger partial charge in [-0.25, -0.2) is 0 Å². The lowest BCUT2D eigenvalue weighted by Gasteiger charge is -2.15. The highest BCUT2D eigenvalue weighted by molar-refractivity contribution is 6.30. The standard InChI is InChI=1S/C19H19ClN2O3/c1-12(25-17-7-3-5-14(20)11-17)18(23)22-16-6-2-4-13(10-16)19(24)21-15-8-9-15/h2-7,10-12,15H,8-9H2,1H3,(H,21,24)(H,22,23)/t12-/m0/s1. The third kappa shape index (κ3) is 4.97. The van der Waals surface area contributed by atoms with Crippen LogP contribution < -0.4 is 15.4 Å². The lowest BCUT2D eigenvalue weighted by molar-refractivity contribution is -0.122. The van der Waals surface area contributed by atoms with Crippen LogP contribution in [0.1, 0.15) is 30.1 Å². The minimum absolute atomic E-state index is 0.123. The van der Waals surface area contributed by atoms with Crippen molar-refractivity contribution in [3.63, 3.8) is 0 Å². The van der Waals surface area contributed by atoms with Gasteiger partial charge in [0.15, 0.2) is 6.10 Å². The normalized spacial score (nSPS) is 14.5. The molecule has 3 rings (SSSR count). The number of hydrogen-bond donors (Lipinski definition) is 2. The van der Waals surface area contributed by atoms with Crippen molar-refractivity contribution in [3.8, 4) is 5.75 Å². The zero-order valence-electron chi connectivity index (χ0n) is 13.8. The van der Waals surface area contributed by atoms with E-state index in [1.165, 1.54) is 0 Å². The molecule has 6 heteroatoms. The van der Waals surface area contributed by atoms with E-state index in [1.807, 2.05) is 0 Å². The number of ether oxygens (including phenoxy) is 1. The fourth-order valence-electron chi connectivity index (χ4n) is 2.28. The van der Waals surface area contributed by atoms with Gasteiger partial charge < -0.3 is 15.4 Å². The Bertz CT molecular complexity index is 790. The Morgan fingerprint density at radius 1 is 1.16 bits per heavy atom. The fraction of sp³-hybridized carbons (Fsp3) is 0.263. The van der Waals surface area contributed by atoms with E-state index in [0.29, 0.717) is 22.0 Å². The second kappa shape index (κ2) is 7.57. The van der Waals surface area contributed by atoms with Crippen LogP contribution in [0.5, 0.6) is 5.75 Å². The summed E-state index contributed by atoms with van der Waals surface area (Å²) in [5.41, 5.74) is 1.07. The Morgan fingerprint density at radius 3 is 2.64 bits per heavy atom. The Hall–Kier alpha value is -2.53. The number of carbonyl (C=O) groups is 2. The first-order valence-electron chi connectivity index (χ1n) is 8.15. The summed E-state index contributed by atoms with van der Waals surface area (Å²) >= 11 is 5.91. The molecule has 0 aromatic heterocycles. The fourth-order valence-corrected chi connectivity index (χ4v) is 2.46. The van der Waals surface area contributed by atoms with Crippen LogP contribution in [0.2, 0.25) is 5.02 Å². The summed E-state index contributed by atoms with van der Waals surface area (Å²) in [6.07, 6.45) is 1.35. The summed E-state index contributed by atoms with van der Waals surface area (Å²) in [4.78, 5) is 24.4. The quantitative estimate of drug-likeness (QED) is 0.828. The largest absolute Gasteiger partial charge is 0.481 e. The number of halogens is 1. The maximum atomic E-state index is 12.3. The Labute approximate surface area is 151 Å². The molecule has 0 heterocycles. The molecule has 0 saturated heterocycles. The summed E-state index contributed by atoms with van der Waals surface area (Å²) in [6.45, 7) is 1.65. The second-order valence-corrected chi connectivity index (χ2v) is 6.47. The van der Waals surface area contributed by atoms with Crippen LogP contribution in [-0.2, 0) is 4.79 Å². The average molecular weight is 359 g/mol. The molecule has 0 aliphatic heterocycles. The molecule has 130 valence electrons. The van der Waals surface area contributed by atoms with Gasteiger partial charge in [-0.15, -0.1) is 0 Å². The molecule has 2 amide bonds. The van der Waals surface area contributed by atoms with Crippen molar-refractivity contribution in [2.24, 2.45) is 0 Å². The number of hydrogen-bond acceptors (Lipinski definition) is 3. The number of rotatable bonds is 6. The molecule has 2 aromatic rings. The molecule has 0 radical (unpaired) electrons. The lowest BCUT2D eigenvalue weighted by Crippen LogP contribution is -2.30. The number of carbonyl (C=O) groups excluding carboxylic acids is 2. The first-order chi connectivity index (χ1) is 12.0. The van der Waals surface area contributed by atoms with Crippen molar-refractivity contribution in [1.82, 2.24) is 5.32 Å². The molecule has 0 unspecified atom stereocenters. The van der Waals surface area contributed by atoms with Gasteiger partial charge in [-0.05, 0) is 56.2 Å². The monoisotopic (exact) mass is 358 g/mol. The Morgan fingerprint density at radius 2 is 1.92 bits per heavy atom. The lowest BCUT2D eigenvalue weighted by atomic mass is 10.2. The molecule has 0 bridgehead atoms. The van der Waals surface area contributed by atoms with Gasteiger partial charge in [0.2, 0.25) is 0 Å². The number of benzene rings is 2. The number of amides is 2. The van der Waals surface area contributed by atoms with Crippen LogP contribution in [0, 0.1) is 0 Å². The minimum Gasteiger partial charge on any atom is -0.481 e. The third-order valence-electron chi connectivity index (χ3n) is 3.78. The molecule has 1 saturated carbocycles. The summed E-state index contributed by atoms with van der Waals surface area (Å²) in [6, 6.07) is 14.0. The molecule has 0 spiro atoms. The van der Waals surface area contributed by atoms with Crippen molar-refractivity contribution < 1.29 is 14.3 Å². The van der Waals surface area contributed by atoms with Crippen molar-refractivity contribution in [1.29, 1.82) is 0 Å². The van der Waals surface area contributed by atoms with E-state index >= 15 is 0 Å². The molecule has 5 nitrogen and oxygen atoms in total. The van der Waals surface area contributed by atoms with E-state index in [-0.39, 0.29) is 17.9 Å². The second-order valence-electron chi connectivity index (χ2n) is 6.04. The highest BCUT2D eigenvalue weighted by atomic mass is 35.5. The van der Waals surface area contributed by atoms with Gasteiger partial charge in [-0.2, -0.15) is 0 Å². The summed E-state index contributed by atoms with van der Waals surface area (Å²) in [5, 5.41) is 6.23. The minimum atomic E-state index is -0.706. The highest BCUT2D eigenvalue weighted by Crippen LogP contribution is 2.21. The van der Waals surface area contributed by atoms with Gasteiger partial charge >= 0.3 is 0 Å². The molecule has 2 N–H and O–H groups in total. The van der Waals surface area contributed by atoms with E-state index in [2.05, 4.69) is 10.6 Å². The highest BCUT2D eigenvalue weighted by Gasteiger charge is 2.24. The predicted octanol–water partition coefficient (Wildman–Crippen LogP) is 3.64. The van der Waals surface area contributed by atoms with E-state index in [0.717, 1.165) is 12.8 Å². The zero-order chi connectivity index (χ0) is 17.8. The first kappa shape index (κ1) is 17.3. The molecular formula is C19H19ClN2O3. The van der Waals surface area contributed by atoms with Crippen LogP contribution in [0.15, 0.2) is 48.5 Å². The van der Waals surface area contributed by atoms with Crippen molar-refractivity contribution >= 4 is 29.1 Å². The van der Waals surface area contributed by atoms with E-state index in [1.54, 1.807) is 55.5 Å². The van der Waals surface area contributed by atoms with Crippen LogP contribution in [0.3, 0.4) is 0 Å². The smallest absolute Gasteiger partial charge is 0.265 e. The van der Waals surface area contributed by atoms with Gasteiger partial charge in [0.05, 0.1) is 0 Å². The number of anilines is 1. The zero-order valence-corrected chi connectivity index (χ0v) is 14.5. The van der Waals surface area contributed by atoms with E-state index in [9.17, 15) is 9.59 Å². The molecule has 1 aliphatic rings. The summed E-state index contributed by atoms with van der Waals surface area (Å²) < 4.78 is 5.59. The average Bonchev–Trinajstić information content (AvgIpc) is 3.39. The maximum absolute atomic E-state index is 12.3. The van der Waals surface area contributed by atoms with Gasteiger partial charge in [-0.1, -0.05) is 23.7 Å². The van der Waals surface area contributed by atoms with Gasteiger partial charge in [0, 0.05) is 22.3 Å². The number of nitrogens with one attached hydrogen (secondary N) is 2. The van der Waals surface area contributed by atoms with E-state index in [4.69, 9.17) is 16.3 Å². The van der Waals surface area contributed by atoms with Gasteiger partial charge in [-0.3, -0.25) is 9.59 Å². The summed E-state index contributed by atoms with van der Waals surface area (Å²) in [5.74, 6) is 0.0919. The molecular weight excluding hydrogens is 340 g/mol. The van der Waals surface area contributed by atoms with Crippen molar-refractivity contribution in [2.75, 3.05) is 5.32 Å². The van der Waals surface area contributed by atoms with Crippen molar-refractivity contribution in [3.05, 3.63) is 59.1 Å².